The smallest absolute Gasteiger partial charge is 0.144 e. The van der Waals surface area contributed by atoms with E-state index in [-0.39, 0.29) is 0 Å². The van der Waals surface area contributed by atoms with Crippen molar-refractivity contribution in [3.63, 3.8) is 0 Å². The predicted molar refractivity (Wildman–Crippen MR) is 69.7 cm³/mol. The van der Waals surface area contributed by atoms with Gasteiger partial charge in [-0.25, -0.2) is 4.98 Å². The number of nitrogens with one attached hydrogen (secondary N) is 1. The fraction of sp³-hybridized carbons (Fsp3) is 0.154. The lowest BCUT2D eigenvalue weighted by Crippen LogP contribution is -2.05. The van der Waals surface area contributed by atoms with Crippen LogP contribution in [0.5, 0.6) is 0 Å². The second-order valence-corrected chi connectivity index (χ2v) is 3.93. The molecule has 0 bridgehead atoms. The summed E-state index contributed by atoms with van der Waals surface area (Å²) in [5, 5.41) is 12.1. The zero-order chi connectivity index (χ0) is 13.0. The minimum Gasteiger partial charge on any atom is -0.397 e. The average molecular weight is 239 g/mol. The van der Waals surface area contributed by atoms with Crippen molar-refractivity contribution in [2.45, 2.75) is 13.5 Å². The Labute approximate surface area is 105 Å². The Morgan fingerprint density at radius 2 is 2.28 bits per heavy atom. The Hall–Kier alpha value is -2.61. The molecule has 2 aromatic rings. The van der Waals surface area contributed by atoms with Crippen molar-refractivity contribution in [1.82, 2.24) is 9.97 Å². The number of rotatable bonds is 3. The van der Waals surface area contributed by atoms with Gasteiger partial charge in [0.25, 0.3) is 0 Å². The molecule has 0 fully saturated rings. The summed E-state index contributed by atoms with van der Waals surface area (Å²) in [6, 6.07) is 5.61. The minimum absolute atomic E-state index is 0.446. The van der Waals surface area contributed by atoms with E-state index < -0.39 is 0 Å². The molecule has 0 aliphatic rings. The fourth-order valence-electron chi connectivity index (χ4n) is 1.59. The van der Waals surface area contributed by atoms with Gasteiger partial charge in [-0.2, -0.15) is 5.26 Å². The second-order valence-electron chi connectivity index (χ2n) is 3.93. The number of hydrogen-bond acceptors (Lipinski definition) is 5. The topological polar surface area (TPSA) is 87.6 Å². The molecule has 0 amide bonds. The number of nitrogens with two attached hydrogens (primary N) is 1. The molecule has 0 unspecified atom stereocenters. The van der Waals surface area contributed by atoms with Gasteiger partial charge < -0.3 is 11.1 Å². The van der Waals surface area contributed by atoms with E-state index in [1.165, 1.54) is 6.20 Å². The lowest BCUT2D eigenvalue weighted by molar-refractivity contribution is 1.07. The minimum atomic E-state index is 0.446. The van der Waals surface area contributed by atoms with E-state index in [9.17, 15) is 0 Å². The SMILES string of the molecule is Cc1cnccc1CNc1ncc(N)cc1C#N. The lowest BCUT2D eigenvalue weighted by atomic mass is 10.1. The molecular formula is C13H13N5. The predicted octanol–water partition coefficient (Wildman–Crippen LogP) is 1.85. The number of nitriles is 1. The summed E-state index contributed by atoms with van der Waals surface area (Å²) in [4.78, 5) is 8.15. The molecule has 2 aromatic heterocycles. The molecule has 0 saturated carbocycles. The Kier molecular flexibility index (Phi) is 3.39. The van der Waals surface area contributed by atoms with E-state index in [2.05, 4.69) is 21.4 Å². The monoisotopic (exact) mass is 239 g/mol. The molecule has 0 aromatic carbocycles. The fourth-order valence-corrected chi connectivity index (χ4v) is 1.59. The van der Waals surface area contributed by atoms with Crippen molar-refractivity contribution in [3.05, 3.63) is 47.4 Å². The summed E-state index contributed by atoms with van der Waals surface area (Å²) < 4.78 is 0. The van der Waals surface area contributed by atoms with Gasteiger partial charge in [-0.1, -0.05) is 0 Å². The first-order valence-electron chi connectivity index (χ1n) is 5.49. The van der Waals surface area contributed by atoms with Crippen LogP contribution >= 0.6 is 0 Å². The van der Waals surface area contributed by atoms with Crippen LogP contribution in [-0.2, 0) is 6.54 Å². The molecule has 2 heterocycles. The maximum absolute atomic E-state index is 9.00. The first-order chi connectivity index (χ1) is 8.70. The molecule has 0 atom stereocenters. The highest BCUT2D eigenvalue weighted by molar-refractivity contribution is 5.57. The second kappa shape index (κ2) is 5.15. The van der Waals surface area contributed by atoms with Crippen LogP contribution in [0.25, 0.3) is 0 Å². The number of nitrogens with zero attached hydrogens (tertiary/aromatic N) is 3. The molecule has 90 valence electrons. The molecule has 0 radical (unpaired) electrons. The normalized spacial score (nSPS) is 9.78. The van der Waals surface area contributed by atoms with Gasteiger partial charge in [0.2, 0.25) is 0 Å². The van der Waals surface area contributed by atoms with E-state index in [4.69, 9.17) is 11.0 Å². The standard InChI is InChI=1S/C13H13N5/c1-9-6-16-3-2-10(9)7-17-13-11(5-14)4-12(15)8-18-13/h2-4,6,8H,7,15H2,1H3,(H,17,18). The molecule has 5 heteroatoms. The van der Waals surface area contributed by atoms with Crippen LogP contribution in [0.2, 0.25) is 0 Å². The van der Waals surface area contributed by atoms with Gasteiger partial charge in [-0.15, -0.1) is 0 Å². The van der Waals surface area contributed by atoms with Crippen molar-refractivity contribution in [3.8, 4) is 6.07 Å². The van der Waals surface area contributed by atoms with Crippen LogP contribution in [0.1, 0.15) is 16.7 Å². The van der Waals surface area contributed by atoms with Crippen molar-refractivity contribution < 1.29 is 0 Å². The van der Waals surface area contributed by atoms with E-state index in [0.29, 0.717) is 23.6 Å². The number of nitrogen functional groups attached to an aromatic ring is 1. The first kappa shape index (κ1) is 11.9. The van der Waals surface area contributed by atoms with Gasteiger partial charge in [0.05, 0.1) is 17.4 Å². The highest BCUT2D eigenvalue weighted by Crippen LogP contribution is 2.16. The van der Waals surface area contributed by atoms with E-state index in [1.807, 2.05) is 13.0 Å². The maximum Gasteiger partial charge on any atom is 0.144 e. The Balaban J connectivity index is 2.16. The highest BCUT2D eigenvalue weighted by atomic mass is 15.0. The number of aryl methyl sites for hydroxylation is 1. The van der Waals surface area contributed by atoms with E-state index in [1.54, 1.807) is 18.5 Å². The largest absolute Gasteiger partial charge is 0.397 e. The van der Waals surface area contributed by atoms with Crippen molar-refractivity contribution >= 4 is 11.5 Å². The van der Waals surface area contributed by atoms with Gasteiger partial charge in [-0.05, 0) is 30.2 Å². The molecule has 0 aliphatic heterocycles. The summed E-state index contributed by atoms with van der Waals surface area (Å²) in [5.74, 6) is 0.544. The molecular weight excluding hydrogens is 226 g/mol. The molecule has 0 spiro atoms. The summed E-state index contributed by atoms with van der Waals surface area (Å²) in [6.07, 6.45) is 5.08. The van der Waals surface area contributed by atoms with Crippen molar-refractivity contribution in [2.24, 2.45) is 0 Å². The van der Waals surface area contributed by atoms with Gasteiger partial charge in [-0.3, -0.25) is 4.98 Å². The average Bonchev–Trinajstić information content (AvgIpc) is 2.39. The summed E-state index contributed by atoms with van der Waals surface area (Å²) in [6.45, 7) is 2.59. The number of hydrogen-bond donors (Lipinski definition) is 2. The van der Waals surface area contributed by atoms with Crippen LogP contribution < -0.4 is 11.1 Å². The van der Waals surface area contributed by atoms with Gasteiger partial charge in [0, 0.05) is 18.9 Å². The van der Waals surface area contributed by atoms with Crippen molar-refractivity contribution in [1.29, 1.82) is 5.26 Å². The molecule has 0 saturated heterocycles. The van der Waals surface area contributed by atoms with E-state index >= 15 is 0 Å². The van der Waals surface area contributed by atoms with Gasteiger partial charge >= 0.3 is 0 Å². The zero-order valence-electron chi connectivity index (χ0n) is 10.0. The third-order valence-corrected chi connectivity index (χ3v) is 2.61. The number of aromatic nitrogens is 2. The number of anilines is 2. The zero-order valence-corrected chi connectivity index (χ0v) is 10.0. The van der Waals surface area contributed by atoms with Crippen LogP contribution in [0, 0.1) is 18.3 Å². The lowest BCUT2D eigenvalue weighted by Gasteiger charge is -2.09. The molecule has 18 heavy (non-hydrogen) atoms. The third kappa shape index (κ3) is 2.55. The molecule has 2 rings (SSSR count). The molecule has 0 aliphatic carbocycles. The highest BCUT2D eigenvalue weighted by Gasteiger charge is 2.04. The Morgan fingerprint density at radius 1 is 1.44 bits per heavy atom. The summed E-state index contributed by atoms with van der Waals surface area (Å²) in [5.41, 5.74) is 8.73. The number of pyridine rings is 2. The first-order valence-corrected chi connectivity index (χ1v) is 5.49. The van der Waals surface area contributed by atoms with Crippen molar-refractivity contribution in [2.75, 3.05) is 11.1 Å². The maximum atomic E-state index is 9.00. The third-order valence-electron chi connectivity index (χ3n) is 2.61. The summed E-state index contributed by atoms with van der Waals surface area (Å²) in [7, 11) is 0. The van der Waals surface area contributed by atoms with E-state index in [0.717, 1.165) is 11.1 Å². The van der Waals surface area contributed by atoms with Crippen LogP contribution in [0.4, 0.5) is 11.5 Å². The summed E-state index contributed by atoms with van der Waals surface area (Å²) >= 11 is 0. The Morgan fingerprint density at radius 3 is 3.00 bits per heavy atom. The van der Waals surface area contributed by atoms with Gasteiger partial charge in [0.1, 0.15) is 11.9 Å². The van der Waals surface area contributed by atoms with Crippen LogP contribution in [0.3, 0.4) is 0 Å². The van der Waals surface area contributed by atoms with Gasteiger partial charge in [0.15, 0.2) is 0 Å². The quantitative estimate of drug-likeness (QED) is 0.853. The molecule has 3 N–H and O–H groups in total. The Bertz CT molecular complexity index is 601. The van der Waals surface area contributed by atoms with Crippen LogP contribution in [0.15, 0.2) is 30.7 Å². The molecule has 5 nitrogen and oxygen atoms in total. The van der Waals surface area contributed by atoms with Crippen LogP contribution in [-0.4, -0.2) is 9.97 Å².